The second-order valence-electron chi connectivity index (χ2n) is 5.31. The molecule has 1 aromatic rings. The first-order valence-electron chi connectivity index (χ1n) is 6.71. The van der Waals surface area contributed by atoms with E-state index in [9.17, 15) is 9.59 Å². The Kier molecular flexibility index (Phi) is 4.77. The van der Waals surface area contributed by atoms with Gasteiger partial charge in [0.25, 0.3) is 0 Å². The Morgan fingerprint density at radius 2 is 2.30 bits per heavy atom. The molecule has 0 spiro atoms. The first-order chi connectivity index (χ1) is 9.52. The van der Waals surface area contributed by atoms with Crippen LogP contribution in [0.4, 0.5) is 0 Å². The van der Waals surface area contributed by atoms with Gasteiger partial charge in [0, 0.05) is 16.8 Å². The molecule has 1 aliphatic carbocycles. The van der Waals surface area contributed by atoms with E-state index in [-0.39, 0.29) is 29.9 Å². The predicted molar refractivity (Wildman–Crippen MR) is 77.2 cm³/mol. The van der Waals surface area contributed by atoms with Crippen molar-refractivity contribution in [2.45, 2.75) is 43.7 Å². The molecule has 0 aliphatic heterocycles. The number of thiophene rings is 1. The Morgan fingerprint density at radius 1 is 1.55 bits per heavy atom. The molecule has 0 aromatic carbocycles. The largest absolute Gasteiger partial charge is 0.469 e. The van der Waals surface area contributed by atoms with Crippen molar-refractivity contribution in [3.8, 4) is 0 Å². The number of methoxy groups -OCH3 is 1. The molecule has 1 unspecified atom stereocenters. The topological polar surface area (TPSA) is 81.4 Å². The first-order valence-corrected chi connectivity index (χ1v) is 7.59. The Hall–Kier alpha value is -1.40. The van der Waals surface area contributed by atoms with Crippen molar-refractivity contribution in [2.75, 3.05) is 7.11 Å². The van der Waals surface area contributed by atoms with Crippen LogP contribution < -0.4 is 11.1 Å². The Morgan fingerprint density at radius 3 is 2.80 bits per heavy atom. The van der Waals surface area contributed by atoms with Crippen LogP contribution in [0.5, 0.6) is 0 Å². The van der Waals surface area contributed by atoms with Crippen LogP contribution in [0.25, 0.3) is 0 Å². The molecule has 6 heteroatoms. The van der Waals surface area contributed by atoms with Crippen molar-refractivity contribution >= 4 is 23.2 Å². The molecule has 3 N–H and O–H groups in total. The van der Waals surface area contributed by atoms with Crippen LogP contribution in [0.1, 0.15) is 43.0 Å². The van der Waals surface area contributed by atoms with Gasteiger partial charge in [-0.05, 0) is 30.7 Å². The van der Waals surface area contributed by atoms with Gasteiger partial charge in [-0.25, -0.2) is 0 Å². The normalized spacial score (nSPS) is 17.9. The van der Waals surface area contributed by atoms with Crippen LogP contribution in [0.15, 0.2) is 17.5 Å². The van der Waals surface area contributed by atoms with Crippen LogP contribution >= 0.6 is 11.3 Å². The smallest absolute Gasteiger partial charge is 0.307 e. The summed E-state index contributed by atoms with van der Waals surface area (Å²) in [6.45, 7) is 0. The molecule has 1 saturated carbocycles. The van der Waals surface area contributed by atoms with Gasteiger partial charge in [-0.15, -0.1) is 11.3 Å². The van der Waals surface area contributed by atoms with Gasteiger partial charge >= 0.3 is 5.97 Å². The summed E-state index contributed by atoms with van der Waals surface area (Å²) in [7, 11) is 1.35. The summed E-state index contributed by atoms with van der Waals surface area (Å²) in [4.78, 5) is 24.5. The lowest BCUT2D eigenvalue weighted by Gasteiger charge is -2.37. The molecule has 2 rings (SSSR count). The highest BCUT2D eigenvalue weighted by atomic mass is 32.1. The van der Waals surface area contributed by atoms with Crippen LogP contribution in [-0.2, 0) is 14.3 Å². The number of carbonyl (C=O) groups excluding carboxylic acids is 2. The maximum Gasteiger partial charge on any atom is 0.307 e. The SMILES string of the molecule is COC(=O)CC(NC(=O)CC1(N)CCC1)c1cccs1. The molecule has 1 fully saturated rings. The molecule has 0 radical (unpaired) electrons. The fraction of sp³-hybridized carbons (Fsp3) is 0.571. The zero-order valence-electron chi connectivity index (χ0n) is 11.6. The van der Waals surface area contributed by atoms with Gasteiger partial charge in [-0.2, -0.15) is 0 Å². The van der Waals surface area contributed by atoms with Gasteiger partial charge in [-0.1, -0.05) is 6.07 Å². The third-order valence-electron chi connectivity index (χ3n) is 3.68. The van der Waals surface area contributed by atoms with E-state index in [0.29, 0.717) is 6.42 Å². The van der Waals surface area contributed by atoms with Crippen molar-refractivity contribution < 1.29 is 14.3 Å². The van der Waals surface area contributed by atoms with Crippen LogP contribution in [-0.4, -0.2) is 24.5 Å². The minimum atomic E-state index is -0.352. The van der Waals surface area contributed by atoms with Crippen molar-refractivity contribution in [3.63, 3.8) is 0 Å². The molecule has 0 saturated heterocycles. The maximum absolute atomic E-state index is 12.1. The van der Waals surface area contributed by atoms with E-state index in [0.717, 1.165) is 24.1 Å². The van der Waals surface area contributed by atoms with Crippen molar-refractivity contribution in [2.24, 2.45) is 5.73 Å². The first kappa shape index (κ1) is 15.0. The fourth-order valence-corrected chi connectivity index (χ4v) is 3.11. The zero-order valence-corrected chi connectivity index (χ0v) is 12.4. The quantitative estimate of drug-likeness (QED) is 0.783. The monoisotopic (exact) mass is 296 g/mol. The van der Waals surface area contributed by atoms with Crippen molar-refractivity contribution in [3.05, 3.63) is 22.4 Å². The van der Waals surface area contributed by atoms with Crippen LogP contribution in [0.3, 0.4) is 0 Å². The van der Waals surface area contributed by atoms with Gasteiger partial charge in [0.15, 0.2) is 0 Å². The highest BCUT2D eigenvalue weighted by Gasteiger charge is 2.35. The minimum Gasteiger partial charge on any atom is -0.469 e. The third-order valence-corrected chi connectivity index (χ3v) is 4.67. The lowest BCUT2D eigenvalue weighted by Crippen LogP contribution is -2.50. The molecule has 1 aromatic heterocycles. The maximum atomic E-state index is 12.1. The molecule has 5 nitrogen and oxygen atoms in total. The van der Waals surface area contributed by atoms with Crippen LogP contribution in [0.2, 0.25) is 0 Å². The molecule has 1 aliphatic rings. The highest BCUT2D eigenvalue weighted by molar-refractivity contribution is 7.10. The summed E-state index contributed by atoms with van der Waals surface area (Å²) in [5.41, 5.74) is 5.72. The number of carbonyl (C=O) groups is 2. The average Bonchev–Trinajstić information content (AvgIpc) is 2.89. The Bertz CT molecular complexity index is 469. The summed E-state index contributed by atoms with van der Waals surface area (Å²) in [6.07, 6.45) is 3.32. The number of esters is 1. The Balaban J connectivity index is 1.96. The van der Waals surface area contributed by atoms with Gasteiger partial charge in [0.05, 0.1) is 19.6 Å². The standard InChI is InChI=1S/C14H20N2O3S/c1-19-13(18)8-10(11-4-2-7-20-11)16-12(17)9-14(15)5-3-6-14/h2,4,7,10H,3,5-6,8-9,15H2,1H3,(H,16,17). The number of nitrogens with one attached hydrogen (secondary N) is 1. The van der Waals surface area contributed by atoms with Gasteiger partial charge in [0.1, 0.15) is 0 Å². The molecule has 110 valence electrons. The lowest BCUT2D eigenvalue weighted by atomic mass is 9.75. The lowest BCUT2D eigenvalue weighted by molar-refractivity contribution is -0.141. The molecular weight excluding hydrogens is 276 g/mol. The van der Waals surface area contributed by atoms with E-state index in [1.807, 2.05) is 17.5 Å². The van der Waals surface area contributed by atoms with E-state index in [1.165, 1.54) is 18.4 Å². The summed E-state index contributed by atoms with van der Waals surface area (Å²) in [5, 5.41) is 4.82. The van der Waals surface area contributed by atoms with Crippen molar-refractivity contribution in [1.29, 1.82) is 0 Å². The molecule has 20 heavy (non-hydrogen) atoms. The van der Waals surface area contributed by atoms with Gasteiger partial charge in [0.2, 0.25) is 5.91 Å². The molecule has 1 atom stereocenters. The molecular formula is C14H20N2O3S. The summed E-state index contributed by atoms with van der Waals surface area (Å²) >= 11 is 1.51. The van der Waals surface area contributed by atoms with Crippen LogP contribution in [0, 0.1) is 0 Å². The summed E-state index contributed by atoms with van der Waals surface area (Å²) in [6, 6.07) is 3.46. The summed E-state index contributed by atoms with van der Waals surface area (Å²) < 4.78 is 4.68. The second-order valence-corrected chi connectivity index (χ2v) is 6.29. The molecule has 1 heterocycles. The molecule has 1 amide bonds. The number of rotatable bonds is 6. The summed E-state index contributed by atoms with van der Waals surface area (Å²) in [5.74, 6) is -0.440. The van der Waals surface area contributed by atoms with E-state index >= 15 is 0 Å². The van der Waals surface area contributed by atoms with E-state index in [2.05, 4.69) is 10.1 Å². The predicted octanol–water partition coefficient (Wildman–Crippen LogP) is 1.74. The van der Waals surface area contributed by atoms with E-state index in [4.69, 9.17) is 5.73 Å². The number of amides is 1. The second kappa shape index (κ2) is 6.37. The number of hydrogen-bond acceptors (Lipinski definition) is 5. The van der Waals surface area contributed by atoms with Crippen molar-refractivity contribution in [1.82, 2.24) is 5.32 Å². The minimum absolute atomic E-state index is 0.102. The van der Waals surface area contributed by atoms with Gasteiger partial charge < -0.3 is 15.8 Å². The zero-order chi connectivity index (χ0) is 14.6. The number of nitrogens with two attached hydrogens (primary N) is 1. The van der Waals surface area contributed by atoms with E-state index in [1.54, 1.807) is 0 Å². The number of ether oxygens (including phenoxy) is 1. The van der Waals surface area contributed by atoms with Gasteiger partial charge in [-0.3, -0.25) is 9.59 Å². The highest BCUT2D eigenvalue weighted by Crippen LogP contribution is 2.32. The third kappa shape index (κ3) is 3.80. The number of hydrogen-bond donors (Lipinski definition) is 2. The fourth-order valence-electron chi connectivity index (χ4n) is 2.34. The Labute approximate surface area is 122 Å². The average molecular weight is 296 g/mol. The van der Waals surface area contributed by atoms with E-state index < -0.39 is 0 Å². The molecule has 0 bridgehead atoms.